The Morgan fingerprint density at radius 3 is 2.76 bits per heavy atom. The Bertz CT molecular complexity index is 451. The molecule has 3 nitrogen and oxygen atoms in total. The summed E-state index contributed by atoms with van der Waals surface area (Å²) in [5.41, 5.74) is 2.50. The SMILES string of the molecule is C=C(C)Cc1c(C)nc(SCCCC)[nH]c1=O. The summed E-state index contributed by atoms with van der Waals surface area (Å²) in [6, 6.07) is 0. The van der Waals surface area contributed by atoms with E-state index < -0.39 is 0 Å². The molecule has 0 amide bonds. The van der Waals surface area contributed by atoms with Crippen molar-refractivity contribution in [2.45, 2.75) is 45.2 Å². The molecule has 0 radical (unpaired) electrons. The average molecular weight is 252 g/mol. The minimum atomic E-state index is -0.0282. The lowest BCUT2D eigenvalue weighted by Crippen LogP contribution is -2.17. The molecular formula is C13H20N2OS. The summed E-state index contributed by atoms with van der Waals surface area (Å²) in [6.07, 6.45) is 2.90. The van der Waals surface area contributed by atoms with Gasteiger partial charge in [0.1, 0.15) is 0 Å². The molecule has 94 valence electrons. The minimum absolute atomic E-state index is 0.0282. The van der Waals surface area contributed by atoms with E-state index in [0.29, 0.717) is 6.42 Å². The Morgan fingerprint density at radius 1 is 1.53 bits per heavy atom. The van der Waals surface area contributed by atoms with Crippen molar-refractivity contribution in [3.05, 3.63) is 33.8 Å². The molecule has 0 aliphatic carbocycles. The van der Waals surface area contributed by atoms with Crippen LogP contribution in [0, 0.1) is 6.92 Å². The zero-order valence-corrected chi connectivity index (χ0v) is 11.6. The van der Waals surface area contributed by atoms with Gasteiger partial charge in [-0.3, -0.25) is 4.79 Å². The van der Waals surface area contributed by atoms with Crippen molar-refractivity contribution >= 4 is 11.8 Å². The van der Waals surface area contributed by atoms with Gasteiger partial charge in [0.15, 0.2) is 5.16 Å². The summed E-state index contributed by atoms with van der Waals surface area (Å²) in [5.74, 6) is 0.999. The molecule has 1 rings (SSSR count). The topological polar surface area (TPSA) is 45.8 Å². The monoisotopic (exact) mass is 252 g/mol. The first-order valence-corrected chi connectivity index (χ1v) is 6.90. The van der Waals surface area contributed by atoms with Gasteiger partial charge in [0.2, 0.25) is 0 Å². The standard InChI is InChI=1S/C13H20N2OS/c1-5-6-7-17-13-14-10(4)11(8-9(2)3)12(16)15-13/h2,5-8H2,1,3-4H3,(H,14,15,16). The number of aryl methyl sites for hydroxylation is 1. The van der Waals surface area contributed by atoms with Crippen LogP contribution in [0.5, 0.6) is 0 Å². The lowest BCUT2D eigenvalue weighted by molar-refractivity contribution is 0.853. The predicted molar refractivity (Wildman–Crippen MR) is 73.7 cm³/mol. The van der Waals surface area contributed by atoms with Crippen LogP contribution < -0.4 is 5.56 Å². The summed E-state index contributed by atoms with van der Waals surface area (Å²) in [6.45, 7) is 9.79. The number of thioether (sulfide) groups is 1. The summed E-state index contributed by atoms with van der Waals surface area (Å²) in [5, 5.41) is 0.728. The molecule has 17 heavy (non-hydrogen) atoms. The summed E-state index contributed by atoms with van der Waals surface area (Å²) in [4.78, 5) is 19.1. The van der Waals surface area contributed by atoms with E-state index in [2.05, 4.69) is 23.5 Å². The molecule has 0 unspecified atom stereocenters. The van der Waals surface area contributed by atoms with Crippen molar-refractivity contribution < 1.29 is 0 Å². The van der Waals surface area contributed by atoms with E-state index in [0.717, 1.165) is 40.6 Å². The van der Waals surface area contributed by atoms with Crippen LogP contribution in [-0.4, -0.2) is 15.7 Å². The maximum Gasteiger partial charge on any atom is 0.255 e. The fourth-order valence-electron chi connectivity index (χ4n) is 1.48. The Hall–Kier alpha value is -1.03. The number of unbranched alkanes of at least 4 members (excludes halogenated alkanes) is 1. The highest BCUT2D eigenvalue weighted by atomic mass is 32.2. The fourth-order valence-corrected chi connectivity index (χ4v) is 2.47. The summed E-state index contributed by atoms with van der Waals surface area (Å²) < 4.78 is 0. The van der Waals surface area contributed by atoms with Crippen molar-refractivity contribution in [1.82, 2.24) is 9.97 Å². The predicted octanol–water partition coefficient (Wildman–Crippen LogP) is 3.09. The highest BCUT2D eigenvalue weighted by Crippen LogP contribution is 2.15. The van der Waals surface area contributed by atoms with E-state index >= 15 is 0 Å². The second-order valence-corrected chi connectivity index (χ2v) is 5.35. The number of rotatable bonds is 6. The number of aromatic amines is 1. The highest BCUT2D eigenvalue weighted by molar-refractivity contribution is 7.99. The second-order valence-electron chi connectivity index (χ2n) is 4.27. The van der Waals surface area contributed by atoms with Crippen molar-refractivity contribution in [3.8, 4) is 0 Å². The first-order valence-electron chi connectivity index (χ1n) is 5.91. The Balaban J connectivity index is 2.85. The molecule has 1 N–H and O–H groups in total. The number of H-pyrrole nitrogens is 1. The van der Waals surface area contributed by atoms with Gasteiger partial charge >= 0.3 is 0 Å². The number of hydrogen-bond donors (Lipinski definition) is 1. The van der Waals surface area contributed by atoms with Gasteiger partial charge in [0.05, 0.1) is 0 Å². The van der Waals surface area contributed by atoms with Crippen LogP contribution >= 0.6 is 11.8 Å². The molecule has 1 aromatic heterocycles. The molecule has 0 spiro atoms. The normalized spacial score (nSPS) is 10.5. The van der Waals surface area contributed by atoms with Crippen LogP contribution in [0.25, 0.3) is 0 Å². The molecule has 0 aromatic carbocycles. The third kappa shape index (κ3) is 4.38. The summed E-state index contributed by atoms with van der Waals surface area (Å²) in [7, 11) is 0. The third-order valence-electron chi connectivity index (χ3n) is 2.42. The first-order chi connectivity index (χ1) is 8.04. The zero-order chi connectivity index (χ0) is 12.8. The number of hydrogen-bond acceptors (Lipinski definition) is 3. The first kappa shape index (κ1) is 14.0. The summed E-state index contributed by atoms with van der Waals surface area (Å²) >= 11 is 1.61. The number of allylic oxidation sites excluding steroid dienone is 1. The van der Waals surface area contributed by atoms with Gasteiger partial charge in [-0.25, -0.2) is 4.98 Å². The molecule has 1 aromatic rings. The van der Waals surface area contributed by atoms with Crippen LogP contribution in [0.3, 0.4) is 0 Å². The van der Waals surface area contributed by atoms with Gasteiger partial charge in [-0.15, -0.1) is 0 Å². The van der Waals surface area contributed by atoms with Crippen LogP contribution in [0.15, 0.2) is 22.1 Å². The average Bonchev–Trinajstić information content (AvgIpc) is 2.24. The maximum atomic E-state index is 11.9. The molecule has 0 atom stereocenters. The highest BCUT2D eigenvalue weighted by Gasteiger charge is 2.08. The number of nitrogens with one attached hydrogen (secondary N) is 1. The van der Waals surface area contributed by atoms with E-state index in [1.807, 2.05) is 13.8 Å². The van der Waals surface area contributed by atoms with Crippen molar-refractivity contribution in [3.63, 3.8) is 0 Å². The van der Waals surface area contributed by atoms with E-state index in [1.165, 1.54) is 0 Å². The maximum absolute atomic E-state index is 11.9. The van der Waals surface area contributed by atoms with E-state index in [9.17, 15) is 4.79 Å². The van der Waals surface area contributed by atoms with E-state index in [4.69, 9.17) is 0 Å². The molecule has 4 heteroatoms. The van der Waals surface area contributed by atoms with Crippen LogP contribution in [0.1, 0.15) is 37.9 Å². The molecular weight excluding hydrogens is 232 g/mol. The van der Waals surface area contributed by atoms with Gasteiger partial charge in [-0.1, -0.05) is 37.3 Å². The lowest BCUT2D eigenvalue weighted by Gasteiger charge is -2.06. The molecule has 0 saturated heterocycles. The zero-order valence-electron chi connectivity index (χ0n) is 10.8. The molecule has 0 bridgehead atoms. The molecule has 0 saturated carbocycles. The second kappa shape index (κ2) is 6.64. The number of nitrogens with zero attached hydrogens (tertiary/aromatic N) is 1. The molecule has 0 aliphatic heterocycles. The Labute approximate surface area is 107 Å². The van der Waals surface area contributed by atoms with Crippen LogP contribution in [0.2, 0.25) is 0 Å². The minimum Gasteiger partial charge on any atom is -0.301 e. The Morgan fingerprint density at radius 2 is 2.24 bits per heavy atom. The van der Waals surface area contributed by atoms with Gasteiger partial charge in [-0.2, -0.15) is 0 Å². The Kier molecular flexibility index (Phi) is 5.48. The molecule has 1 heterocycles. The fraction of sp³-hybridized carbons (Fsp3) is 0.538. The quantitative estimate of drug-likeness (QED) is 0.366. The van der Waals surface area contributed by atoms with Crippen molar-refractivity contribution in [2.24, 2.45) is 0 Å². The van der Waals surface area contributed by atoms with Gasteiger partial charge in [0, 0.05) is 23.4 Å². The van der Waals surface area contributed by atoms with Gasteiger partial charge in [-0.05, 0) is 20.3 Å². The van der Waals surface area contributed by atoms with E-state index in [1.54, 1.807) is 11.8 Å². The van der Waals surface area contributed by atoms with Crippen LogP contribution in [0.4, 0.5) is 0 Å². The number of aromatic nitrogens is 2. The van der Waals surface area contributed by atoms with Crippen molar-refractivity contribution in [2.75, 3.05) is 5.75 Å². The smallest absolute Gasteiger partial charge is 0.255 e. The third-order valence-corrected chi connectivity index (χ3v) is 3.38. The largest absolute Gasteiger partial charge is 0.301 e. The van der Waals surface area contributed by atoms with Gasteiger partial charge in [0.25, 0.3) is 5.56 Å². The lowest BCUT2D eigenvalue weighted by atomic mass is 10.1. The van der Waals surface area contributed by atoms with Gasteiger partial charge < -0.3 is 4.98 Å². The molecule has 0 aliphatic rings. The van der Waals surface area contributed by atoms with E-state index in [-0.39, 0.29) is 5.56 Å². The van der Waals surface area contributed by atoms with Crippen molar-refractivity contribution in [1.29, 1.82) is 0 Å². The van der Waals surface area contributed by atoms with Crippen LogP contribution in [-0.2, 0) is 6.42 Å². The molecule has 0 fully saturated rings.